The largest absolute Gasteiger partial charge is 0.494 e. The third-order valence-electron chi connectivity index (χ3n) is 3.61. The zero-order valence-corrected chi connectivity index (χ0v) is 16.3. The number of ether oxygens (including phenoxy) is 1. The predicted molar refractivity (Wildman–Crippen MR) is 101 cm³/mol. The summed E-state index contributed by atoms with van der Waals surface area (Å²) in [6.45, 7) is 1.56. The van der Waals surface area contributed by atoms with Crippen LogP contribution in [0.3, 0.4) is 0 Å². The highest BCUT2D eigenvalue weighted by atomic mass is 35.5. The molecule has 1 amide bonds. The Morgan fingerprint density at radius 3 is 2.65 bits per heavy atom. The third-order valence-corrected chi connectivity index (χ3v) is 5.14. The molecule has 140 valence electrons. The van der Waals surface area contributed by atoms with Gasteiger partial charge in [-0.1, -0.05) is 17.7 Å². The second-order valence-electron chi connectivity index (χ2n) is 5.64. The first-order chi connectivity index (χ1) is 12.2. The lowest BCUT2D eigenvalue weighted by molar-refractivity contribution is -0.119. The molecule has 0 atom stereocenters. The Kier molecular flexibility index (Phi) is 6.44. The number of methoxy groups -OCH3 is 1. The van der Waals surface area contributed by atoms with Crippen molar-refractivity contribution in [3.8, 4) is 5.75 Å². The number of hydrogen-bond donors (Lipinski definition) is 1. The molecular formula is C17H20ClN3O4S. The maximum atomic E-state index is 12.3. The number of sulfonamides is 1. The third kappa shape index (κ3) is 5.09. The van der Waals surface area contributed by atoms with Gasteiger partial charge in [0.05, 0.1) is 31.3 Å². The van der Waals surface area contributed by atoms with Crippen LogP contribution in [0.5, 0.6) is 5.75 Å². The van der Waals surface area contributed by atoms with Crippen LogP contribution in [0.15, 0.2) is 36.5 Å². The van der Waals surface area contributed by atoms with Crippen molar-refractivity contribution in [3.05, 3.63) is 52.8 Å². The number of amides is 1. The van der Waals surface area contributed by atoms with Gasteiger partial charge in [-0.05, 0) is 30.7 Å². The highest BCUT2D eigenvalue weighted by Crippen LogP contribution is 2.34. The second kappa shape index (κ2) is 8.37. The van der Waals surface area contributed by atoms with Crippen LogP contribution in [0.2, 0.25) is 5.02 Å². The van der Waals surface area contributed by atoms with Gasteiger partial charge in [-0.25, -0.2) is 8.42 Å². The lowest BCUT2D eigenvalue weighted by Crippen LogP contribution is -2.40. The maximum absolute atomic E-state index is 12.3. The summed E-state index contributed by atoms with van der Waals surface area (Å²) in [5.74, 6) is -0.195. The van der Waals surface area contributed by atoms with E-state index >= 15 is 0 Å². The standard InChI is InChI=1S/C17H20ClN3O4S/c1-12-8-15(16(25-2)9-14(12)18)21(26(3,23)24)11-17(22)20-10-13-6-4-5-7-19-13/h4-9H,10-11H2,1-3H3,(H,20,22). The molecule has 0 radical (unpaired) electrons. The number of aromatic nitrogens is 1. The topological polar surface area (TPSA) is 88.6 Å². The molecule has 0 aliphatic rings. The van der Waals surface area contributed by atoms with Gasteiger partial charge in [0.2, 0.25) is 15.9 Å². The van der Waals surface area contributed by atoms with Gasteiger partial charge in [0.15, 0.2) is 0 Å². The molecule has 0 spiro atoms. The molecular weight excluding hydrogens is 378 g/mol. The number of carbonyl (C=O) groups is 1. The van der Waals surface area contributed by atoms with Gasteiger partial charge in [-0.3, -0.25) is 14.1 Å². The zero-order chi connectivity index (χ0) is 19.3. The average Bonchev–Trinajstić information content (AvgIpc) is 2.60. The molecule has 26 heavy (non-hydrogen) atoms. The molecule has 0 bridgehead atoms. The molecule has 1 N–H and O–H groups in total. The first-order valence-electron chi connectivity index (χ1n) is 7.71. The maximum Gasteiger partial charge on any atom is 0.241 e. The number of carbonyl (C=O) groups excluding carboxylic acids is 1. The van der Waals surface area contributed by atoms with Crippen LogP contribution in [-0.2, 0) is 21.4 Å². The Bertz CT molecular complexity index is 888. The van der Waals surface area contributed by atoms with Gasteiger partial charge in [0.1, 0.15) is 12.3 Å². The van der Waals surface area contributed by atoms with Crippen molar-refractivity contribution in [1.29, 1.82) is 0 Å². The van der Waals surface area contributed by atoms with Crippen molar-refractivity contribution in [2.24, 2.45) is 0 Å². The quantitative estimate of drug-likeness (QED) is 0.773. The number of pyridine rings is 1. The number of nitrogens with one attached hydrogen (secondary N) is 1. The van der Waals surface area contributed by atoms with E-state index in [1.54, 1.807) is 37.4 Å². The Morgan fingerprint density at radius 1 is 1.35 bits per heavy atom. The molecule has 0 aliphatic carbocycles. The number of aryl methyl sites for hydroxylation is 1. The summed E-state index contributed by atoms with van der Waals surface area (Å²) in [4.78, 5) is 16.4. The molecule has 1 aromatic heterocycles. The SMILES string of the molecule is COc1cc(Cl)c(C)cc1N(CC(=O)NCc1ccccn1)S(C)(=O)=O. The van der Waals surface area contributed by atoms with E-state index in [4.69, 9.17) is 16.3 Å². The Balaban J connectivity index is 2.24. The van der Waals surface area contributed by atoms with Crippen molar-refractivity contribution < 1.29 is 17.9 Å². The molecule has 1 heterocycles. The molecule has 0 saturated carbocycles. The van der Waals surface area contributed by atoms with E-state index in [1.807, 2.05) is 0 Å². The van der Waals surface area contributed by atoms with Gasteiger partial charge >= 0.3 is 0 Å². The number of benzene rings is 1. The molecule has 2 aromatic rings. The van der Waals surface area contributed by atoms with E-state index in [2.05, 4.69) is 10.3 Å². The monoisotopic (exact) mass is 397 g/mol. The average molecular weight is 398 g/mol. The first-order valence-corrected chi connectivity index (χ1v) is 9.93. The van der Waals surface area contributed by atoms with Crippen LogP contribution in [0.4, 0.5) is 5.69 Å². The van der Waals surface area contributed by atoms with Crippen LogP contribution in [0, 0.1) is 6.92 Å². The van der Waals surface area contributed by atoms with Crippen LogP contribution in [0.25, 0.3) is 0 Å². The zero-order valence-electron chi connectivity index (χ0n) is 14.7. The molecule has 2 rings (SSSR count). The summed E-state index contributed by atoms with van der Waals surface area (Å²) < 4.78 is 30.7. The highest BCUT2D eigenvalue weighted by molar-refractivity contribution is 7.92. The number of halogens is 1. The molecule has 0 aliphatic heterocycles. The van der Waals surface area contributed by atoms with Crippen molar-refractivity contribution >= 4 is 33.2 Å². The normalized spacial score (nSPS) is 11.1. The number of rotatable bonds is 7. The molecule has 0 saturated heterocycles. The molecule has 0 unspecified atom stereocenters. The fraction of sp³-hybridized carbons (Fsp3) is 0.294. The van der Waals surface area contributed by atoms with Crippen LogP contribution >= 0.6 is 11.6 Å². The Labute approximate surface area is 158 Å². The van der Waals surface area contributed by atoms with Crippen molar-refractivity contribution in [2.45, 2.75) is 13.5 Å². The lowest BCUT2D eigenvalue weighted by Gasteiger charge is -2.24. The van der Waals surface area contributed by atoms with Gasteiger partial charge in [0.25, 0.3) is 0 Å². The van der Waals surface area contributed by atoms with Crippen molar-refractivity contribution in [3.63, 3.8) is 0 Å². The van der Waals surface area contributed by atoms with E-state index in [-0.39, 0.29) is 24.5 Å². The Hall–Kier alpha value is -2.32. The predicted octanol–water partition coefficient (Wildman–Crippen LogP) is 2.13. The van der Waals surface area contributed by atoms with Gasteiger partial charge in [0, 0.05) is 17.3 Å². The van der Waals surface area contributed by atoms with E-state index < -0.39 is 15.9 Å². The second-order valence-corrected chi connectivity index (χ2v) is 7.95. The van der Waals surface area contributed by atoms with E-state index in [0.29, 0.717) is 16.3 Å². The molecule has 9 heteroatoms. The van der Waals surface area contributed by atoms with E-state index in [9.17, 15) is 13.2 Å². The molecule has 0 fully saturated rings. The minimum absolute atomic E-state index is 0.202. The lowest BCUT2D eigenvalue weighted by atomic mass is 10.2. The van der Waals surface area contributed by atoms with E-state index in [0.717, 1.165) is 10.6 Å². The summed E-state index contributed by atoms with van der Waals surface area (Å²) in [5.41, 5.74) is 1.60. The minimum Gasteiger partial charge on any atom is -0.494 e. The van der Waals surface area contributed by atoms with Crippen LogP contribution in [0.1, 0.15) is 11.3 Å². The summed E-state index contributed by atoms with van der Waals surface area (Å²) in [6.07, 6.45) is 2.65. The highest BCUT2D eigenvalue weighted by Gasteiger charge is 2.24. The smallest absolute Gasteiger partial charge is 0.241 e. The van der Waals surface area contributed by atoms with Gasteiger partial charge < -0.3 is 10.1 Å². The van der Waals surface area contributed by atoms with Gasteiger partial charge in [-0.2, -0.15) is 0 Å². The summed E-state index contributed by atoms with van der Waals surface area (Å²) in [7, 11) is -2.32. The molecule has 1 aromatic carbocycles. The van der Waals surface area contributed by atoms with Crippen LogP contribution in [-0.4, -0.2) is 39.2 Å². The molecule has 7 nitrogen and oxygen atoms in total. The first kappa shape index (κ1) is 20.0. The van der Waals surface area contributed by atoms with Crippen molar-refractivity contribution in [2.75, 3.05) is 24.2 Å². The number of nitrogens with zero attached hydrogens (tertiary/aromatic N) is 2. The van der Waals surface area contributed by atoms with E-state index in [1.165, 1.54) is 13.2 Å². The summed E-state index contributed by atoms with van der Waals surface area (Å²) >= 11 is 6.07. The van der Waals surface area contributed by atoms with Crippen LogP contribution < -0.4 is 14.4 Å². The fourth-order valence-electron chi connectivity index (χ4n) is 2.27. The minimum atomic E-state index is -3.72. The van der Waals surface area contributed by atoms with Gasteiger partial charge in [-0.15, -0.1) is 0 Å². The van der Waals surface area contributed by atoms with Crippen molar-refractivity contribution in [1.82, 2.24) is 10.3 Å². The summed E-state index contributed by atoms with van der Waals surface area (Å²) in [6, 6.07) is 8.44. The summed E-state index contributed by atoms with van der Waals surface area (Å²) in [5, 5.41) is 3.10. The fourth-order valence-corrected chi connectivity index (χ4v) is 3.27. The number of anilines is 1. The number of hydrogen-bond acceptors (Lipinski definition) is 5. The Morgan fingerprint density at radius 2 is 2.08 bits per heavy atom.